The molecule has 0 unspecified atom stereocenters. The second-order valence-electron chi connectivity index (χ2n) is 6.31. The largest absolute Gasteiger partial charge is 0.295 e. The van der Waals surface area contributed by atoms with E-state index in [9.17, 15) is 13.2 Å². The predicted octanol–water partition coefficient (Wildman–Crippen LogP) is 4.23. The number of carbonyl (C=O) groups excluding carboxylic acids is 1. The Morgan fingerprint density at radius 2 is 1.62 bits per heavy atom. The Labute approximate surface area is 153 Å². The van der Waals surface area contributed by atoms with E-state index in [1.54, 1.807) is 6.92 Å². The topological polar surface area (TPSA) is 60.4 Å². The lowest BCUT2D eigenvalue weighted by molar-refractivity contribution is 0.101. The monoisotopic (exact) mass is 368 g/mol. The Balaban J connectivity index is 1.85. The highest BCUT2D eigenvalue weighted by Gasteiger charge is 2.06. The molecule has 0 aliphatic carbocycles. The first-order valence-corrected chi connectivity index (χ1v) is 10.1. The van der Waals surface area contributed by atoms with Gasteiger partial charge in [-0.25, -0.2) is 0 Å². The van der Waals surface area contributed by atoms with Crippen LogP contribution in [0.15, 0.2) is 60.7 Å². The minimum absolute atomic E-state index is 0.0496. The molecule has 0 aliphatic rings. The normalized spacial score (nSPS) is 11.6. The molecule has 4 nitrogen and oxygen atoms in total. The third-order valence-corrected chi connectivity index (χ3v) is 4.79. The quantitative estimate of drug-likeness (QED) is 0.483. The van der Waals surface area contributed by atoms with E-state index in [0.29, 0.717) is 12.0 Å². The average Bonchev–Trinajstić information content (AvgIpc) is 2.60. The number of rotatable bonds is 6. The lowest BCUT2D eigenvalue weighted by Crippen LogP contribution is -2.06. The molecule has 0 N–H and O–H groups in total. The van der Waals surface area contributed by atoms with Gasteiger partial charge in [0.25, 0.3) is 10.1 Å². The van der Waals surface area contributed by atoms with Gasteiger partial charge in [0.05, 0.1) is 12.9 Å². The zero-order chi connectivity index (χ0) is 18.7. The maximum atomic E-state index is 11.6. The van der Waals surface area contributed by atoms with Crippen LogP contribution in [0.25, 0.3) is 21.9 Å². The van der Waals surface area contributed by atoms with Crippen LogP contribution < -0.4 is 0 Å². The van der Waals surface area contributed by atoms with Crippen molar-refractivity contribution in [1.82, 2.24) is 0 Å². The molecule has 0 heterocycles. The van der Waals surface area contributed by atoms with Crippen molar-refractivity contribution in [2.75, 3.05) is 12.9 Å². The standard InChI is InChI=1S/C21H20O4S/c1-15(22)17-4-3-5-18(13-17)21-9-8-19-12-16(6-7-20(19)14-21)10-11-25-26(2,23)24/h3-9,12-14H,10-11H2,1-2H3. The van der Waals surface area contributed by atoms with E-state index in [1.165, 1.54) is 0 Å². The van der Waals surface area contributed by atoms with E-state index in [0.717, 1.165) is 33.7 Å². The lowest BCUT2D eigenvalue weighted by atomic mass is 9.98. The van der Waals surface area contributed by atoms with E-state index in [4.69, 9.17) is 4.18 Å². The third kappa shape index (κ3) is 4.56. The fraction of sp³-hybridized carbons (Fsp3) is 0.190. The van der Waals surface area contributed by atoms with Gasteiger partial charge in [0.1, 0.15) is 0 Å². The van der Waals surface area contributed by atoms with Crippen LogP contribution >= 0.6 is 0 Å². The van der Waals surface area contributed by atoms with Gasteiger partial charge in [-0.05, 0) is 52.9 Å². The average molecular weight is 368 g/mol. The maximum absolute atomic E-state index is 11.6. The minimum Gasteiger partial charge on any atom is -0.295 e. The predicted molar refractivity (Wildman–Crippen MR) is 104 cm³/mol. The van der Waals surface area contributed by atoms with Crippen LogP contribution in [0.3, 0.4) is 0 Å². The Kier molecular flexibility index (Phi) is 5.20. The smallest absolute Gasteiger partial charge is 0.264 e. The number of Topliss-reactive ketones (excluding diaryl/α,β-unsaturated/α-hetero) is 1. The number of hydrogen-bond donors (Lipinski definition) is 0. The van der Waals surface area contributed by atoms with Gasteiger partial charge in [-0.1, -0.05) is 48.5 Å². The van der Waals surface area contributed by atoms with Crippen molar-refractivity contribution < 1.29 is 17.4 Å². The molecule has 0 spiro atoms. The highest BCUT2D eigenvalue weighted by Crippen LogP contribution is 2.26. The molecule has 134 valence electrons. The summed E-state index contributed by atoms with van der Waals surface area (Å²) < 4.78 is 26.9. The van der Waals surface area contributed by atoms with Crippen LogP contribution in [0.4, 0.5) is 0 Å². The summed E-state index contributed by atoms with van der Waals surface area (Å²) in [7, 11) is -3.41. The summed E-state index contributed by atoms with van der Waals surface area (Å²) in [4.78, 5) is 11.6. The van der Waals surface area contributed by atoms with E-state index in [2.05, 4.69) is 6.07 Å². The summed E-state index contributed by atoms with van der Waals surface area (Å²) in [5, 5.41) is 2.16. The fourth-order valence-electron chi connectivity index (χ4n) is 2.86. The number of benzene rings is 3. The van der Waals surface area contributed by atoms with E-state index in [-0.39, 0.29) is 12.4 Å². The summed E-state index contributed by atoms with van der Waals surface area (Å²) in [6, 6.07) is 19.8. The van der Waals surface area contributed by atoms with Crippen LogP contribution in [0.1, 0.15) is 22.8 Å². The Bertz CT molecular complexity index is 1070. The van der Waals surface area contributed by atoms with Crippen LogP contribution in [-0.2, 0) is 20.7 Å². The van der Waals surface area contributed by atoms with Crippen molar-refractivity contribution in [3.8, 4) is 11.1 Å². The molecule has 0 saturated carbocycles. The van der Waals surface area contributed by atoms with Crippen molar-refractivity contribution in [3.63, 3.8) is 0 Å². The summed E-state index contributed by atoms with van der Waals surface area (Å²) in [6.07, 6.45) is 1.58. The molecule has 0 bridgehead atoms. The minimum atomic E-state index is -3.41. The molecular weight excluding hydrogens is 348 g/mol. The van der Waals surface area contributed by atoms with Crippen molar-refractivity contribution >= 4 is 26.7 Å². The first-order chi connectivity index (χ1) is 12.3. The van der Waals surface area contributed by atoms with Crippen LogP contribution in [-0.4, -0.2) is 27.1 Å². The van der Waals surface area contributed by atoms with Crippen molar-refractivity contribution in [2.45, 2.75) is 13.3 Å². The summed E-state index contributed by atoms with van der Waals surface area (Å²) >= 11 is 0. The number of fused-ring (bicyclic) bond motifs is 1. The molecule has 0 saturated heterocycles. The van der Waals surface area contributed by atoms with Gasteiger partial charge in [-0.2, -0.15) is 8.42 Å². The first kappa shape index (κ1) is 18.3. The van der Waals surface area contributed by atoms with Gasteiger partial charge in [0.15, 0.2) is 5.78 Å². The van der Waals surface area contributed by atoms with Crippen molar-refractivity contribution in [2.24, 2.45) is 0 Å². The van der Waals surface area contributed by atoms with Gasteiger partial charge >= 0.3 is 0 Å². The summed E-state index contributed by atoms with van der Waals surface area (Å²) in [6.45, 7) is 1.70. The van der Waals surface area contributed by atoms with Crippen molar-refractivity contribution in [1.29, 1.82) is 0 Å². The molecular formula is C21H20O4S. The van der Waals surface area contributed by atoms with Gasteiger partial charge in [-0.15, -0.1) is 0 Å². The van der Waals surface area contributed by atoms with Gasteiger partial charge in [0.2, 0.25) is 0 Å². The molecule has 3 aromatic rings. The summed E-state index contributed by atoms with van der Waals surface area (Å²) in [5.41, 5.74) is 3.77. The van der Waals surface area contributed by atoms with Gasteiger partial charge < -0.3 is 0 Å². The number of carbonyl (C=O) groups is 1. The molecule has 3 aromatic carbocycles. The molecule has 0 atom stereocenters. The Morgan fingerprint density at radius 3 is 2.35 bits per heavy atom. The molecule has 0 aromatic heterocycles. The van der Waals surface area contributed by atoms with E-state index < -0.39 is 10.1 Å². The molecule has 3 rings (SSSR count). The SMILES string of the molecule is CC(=O)c1cccc(-c2ccc3cc(CCOS(C)(=O)=O)ccc3c2)c1. The molecule has 0 radical (unpaired) electrons. The van der Waals surface area contributed by atoms with E-state index >= 15 is 0 Å². The van der Waals surface area contributed by atoms with Crippen LogP contribution in [0, 0.1) is 0 Å². The second kappa shape index (κ2) is 7.40. The first-order valence-electron chi connectivity index (χ1n) is 8.30. The molecule has 26 heavy (non-hydrogen) atoms. The summed E-state index contributed by atoms with van der Waals surface area (Å²) in [5.74, 6) is 0.0496. The highest BCUT2D eigenvalue weighted by molar-refractivity contribution is 7.85. The van der Waals surface area contributed by atoms with Gasteiger partial charge in [0, 0.05) is 5.56 Å². The van der Waals surface area contributed by atoms with E-state index in [1.807, 2.05) is 54.6 Å². The Morgan fingerprint density at radius 1 is 0.923 bits per heavy atom. The van der Waals surface area contributed by atoms with Crippen LogP contribution in [0.5, 0.6) is 0 Å². The Hall–Kier alpha value is -2.50. The van der Waals surface area contributed by atoms with Crippen LogP contribution in [0.2, 0.25) is 0 Å². The highest BCUT2D eigenvalue weighted by atomic mass is 32.2. The zero-order valence-electron chi connectivity index (χ0n) is 14.7. The molecule has 0 amide bonds. The van der Waals surface area contributed by atoms with Crippen molar-refractivity contribution in [3.05, 3.63) is 71.8 Å². The molecule has 5 heteroatoms. The van der Waals surface area contributed by atoms with Gasteiger partial charge in [-0.3, -0.25) is 8.98 Å². The molecule has 0 aliphatic heterocycles. The second-order valence-corrected chi connectivity index (χ2v) is 7.95. The lowest BCUT2D eigenvalue weighted by Gasteiger charge is -2.08. The number of ketones is 1. The maximum Gasteiger partial charge on any atom is 0.264 e. The molecule has 0 fully saturated rings. The number of hydrogen-bond acceptors (Lipinski definition) is 4. The third-order valence-electron chi connectivity index (χ3n) is 4.20. The fourth-order valence-corrected chi connectivity index (χ4v) is 3.24. The zero-order valence-corrected chi connectivity index (χ0v) is 15.5.